The number of carbonyl (C=O) groups is 4. The van der Waals surface area contributed by atoms with Crippen molar-refractivity contribution in [1.29, 1.82) is 0 Å². The summed E-state index contributed by atoms with van der Waals surface area (Å²) in [5.74, 6) is -1.49. The molecule has 0 aliphatic rings. The fraction of sp³-hybridized carbons (Fsp3) is 0.391. The molecule has 2 aromatic rings. The maximum absolute atomic E-state index is 12.4. The molecule has 0 saturated carbocycles. The number of nitrogens with one attached hydrogen (secondary N) is 3. The number of hydrogen-bond acceptors (Lipinski definition) is 5. The average molecular weight is 444 g/mol. The molecule has 0 aliphatic carbocycles. The summed E-state index contributed by atoms with van der Waals surface area (Å²) in [5.41, 5.74) is 2.19. The van der Waals surface area contributed by atoms with Crippen molar-refractivity contribution < 1.29 is 19.2 Å². The molecule has 31 heavy (non-hydrogen) atoms. The van der Waals surface area contributed by atoms with E-state index in [0.29, 0.717) is 4.88 Å². The molecule has 166 valence electrons. The van der Waals surface area contributed by atoms with Crippen molar-refractivity contribution in [1.82, 2.24) is 16.0 Å². The number of carbonyl (C=O) groups excluding carboxylic acids is 4. The third-order valence-electron chi connectivity index (χ3n) is 4.75. The maximum atomic E-state index is 12.4. The second-order valence-corrected chi connectivity index (χ2v) is 8.93. The van der Waals surface area contributed by atoms with E-state index in [1.54, 1.807) is 6.07 Å². The van der Waals surface area contributed by atoms with Crippen LogP contribution >= 0.6 is 11.3 Å². The monoisotopic (exact) mass is 443 g/mol. The molecule has 0 saturated heterocycles. The van der Waals surface area contributed by atoms with Gasteiger partial charge in [-0.05, 0) is 44.4 Å². The molecular weight excluding hydrogens is 414 g/mol. The predicted molar refractivity (Wildman–Crippen MR) is 122 cm³/mol. The molecule has 2 atom stereocenters. The molecular formula is C23H29N3O4S. The number of hydrogen-bond donors (Lipinski definition) is 3. The summed E-state index contributed by atoms with van der Waals surface area (Å²) in [6.45, 7) is 8.37. The van der Waals surface area contributed by atoms with Gasteiger partial charge in [-0.2, -0.15) is 0 Å². The first kappa shape index (κ1) is 24.3. The highest BCUT2D eigenvalue weighted by Gasteiger charge is 2.24. The Bertz CT molecular complexity index is 950. The molecule has 0 bridgehead atoms. The van der Waals surface area contributed by atoms with E-state index in [2.05, 4.69) is 16.0 Å². The molecule has 1 aromatic heterocycles. The van der Waals surface area contributed by atoms with E-state index in [1.165, 1.54) is 25.2 Å². The van der Waals surface area contributed by atoms with Crippen molar-refractivity contribution in [2.75, 3.05) is 6.54 Å². The molecule has 8 heteroatoms. The van der Waals surface area contributed by atoms with Gasteiger partial charge >= 0.3 is 0 Å². The van der Waals surface area contributed by atoms with Crippen LogP contribution in [0.15, 0.2) is 36.4 Å². The maximum Gasteiger partial charge on any atom is 0.261 e. The molecule has 0 spiro atoms. The van der Waals surface area contributed by atoms with Gasteiger partial charge in [0.05, 0.1) is 17.5 Å². The number of benzene rings is 1. The first-order valence-electron chi connectivity index (χ1n) is 10.1. The molecule has 0 fully saturated rings. The van der Waals surface area contributed by atoms with Crippen LogP contribution in [0, 0.1) is 12.8 Å². The van der Waals surface area contributed by atoms with E-state index in [9.17, 15) is 19.2 Å². The van der Waals surface area contributed by atoms with Crippen molar-refractivity contribution in [3.8, 4) is 10.4 Å². The number of thiophene rings is 1. The Labute approximate surface area is 186 Å². The largest absolute Gasteiger partial charge is 0.344 e. The third kappa shape index (κ3) is 7.03. The smallest absolute Gasteiger partial charge is 0.261 e. The minimum absolute atomic E-state index is 0.0563. The third-order valence-corrected chi connectivity index (χ3v) is 5.88. The van der Waals surface area contributed by atoms with Crippen LogP contribution in [0.1, 0.15) is 42.9 Å². The topological polar surface area (TPSA) is 104 Å². The van der Waals surface area contributed by atoms with Gasteiger partial charge in [-0.1, -0.05) is 43.7 Å². The van der Waals surface area contributed by atoms with Gasteiger partial charge in [-0.3, -0.25) is 19.2 Å². The SMILES string of the molecule is CC(=O)[C@@H](NC(=O)[C@H](C)NC(=O)CNC(=O)c1ccc(-c2ccc(C)cc2)s1)C(C)C. The Kier molecular flexibility index (Phi) is 8.50. The fourth-order valence-electron chi connectivity index (χ4n) is 2.95. The normalized spacial score (nSPS) is 12.7. The van der Waals surface area contributed by atoms with E-state index in [1.807, 2.05) is 51.1 Å². The summed E-state index contributed by atoms with van der Waals surface area (Å²) in [6.07, 6.45) is 0. The first-order valence-corrected chi connectivity index (χ1v) is 11.0. The molecule has 0 aliphatic heterocycles. The van der Waals surface area contributed by atoms with Gasteiger partial charge in [0.25, 0.3) is 5.91 Å². The Morgan fingerprint density at radius 3 is 2.16 bits per heavy atom. The van der Waals surface area contributed by atoms with Crippen LogP contribution in [0.4, 0.5) is 0 Å². The van der Waals surface area contributed by atoms with Crippen LogP contribution in [0.2, 0.25) is 0 Å². The Balaban J connectivity index is 1.85. The van der Waals surface area contributed by atoms with E-state index < -0.39 is 23.9 Å². The minimum atomic E-state index is -0.833. The molecule has 1 aromatic carbocycles. The molecule has 3 amide bonds. The molecule has 1 heterocycles. The van der Waals surface area contributed by atoms with Gasteiger partial charge in [0, 0.05) is 4.88 Å². The van der Waals surface area contributed by atoms with Crippen LogP contribution in [0.25, 0.3) is 10.4 Å². The van der Waals surface area contributed by atoms with Crippen LogP contribution in [0.5, 0.6) is 0 Å². The van der Waals surface area contributed by atoms with Crippen molar-refractivity contribution in [3.63, 3.8) is 0 Å². The molecule has 0 unspecified atom stereocenters. The minimum Gasteiger partial charge on any atom is -0.344 e. The molecule has 0 radical (unpaired) electrons. The average Bonchev–Trinajstić information content (AvgIpc) is 3.20. The summed E-state index contributed by atoms with van der Waals surface area (Å²) in [7, 11) is 0. The summed E-state index contributed by atoms with van der Waals surface area (Å²) >= 11 is 1.34. The van der Waals surface area contributed by atoms with Gasteiger partial charge in [0.2, 0.25) is 11.8 Å². The van der Waals surface area contributed by atoms with E-state index >= 15 is 0 Å². The van der Waals surface area contributed by atoms with E-state index in [-0.39, 0.29) is 24.2 Å². The Morgan fingerprint density at radius 2 is 1.58 bits per heavy atom. The lowest BCUT2D eigenvalue weighted by Crippen LogP contribution is -2.52. The number of Topliss-reactive ketones (excluding diaryl/α,β-unsaturated/α-hetero) is 1. The highest BCUT2D eigenvalue weighted by atomic mass is 32.1. The quantitative estimate of drug-likeness (QED) is 0.554. The standard InChI is InChI=1S/C23H29N3O4S/c1-13(2)21(16(5)27)26-22(29)15(4)25-20(28)12-24-23(30)19-11-10-18(31-19)17-8-6-14(3)7-9-17/h6-11,13,15,21H,12H2,1-5H3,(H,24,30)(H,25,28)(H,26,29)/t15-,21-/m0/s1. The molecule has 7 nitrogen and oxygen atoms in total. The van der Waals surface area contributed by atoms with Crippen LogP contribution < -0.4 is 16.0 Å². The number of rotatable bonds is 9. The number of amides is 3. The van der Waals surface area contributed by atoms with Gasteiger partial charge in [-0.15, -0.1) is 11.3 Å². The van der Waals surface area contributed by atoms with Crippen LogP contribution in [-0.4, -0.2) is 42.1 Å². The zero-order chi connectivity index (χ0) is 23.1. The second kappa shape index (κ2) is 10.9. The predicted octanol–water partition coefficient (Wildman–Crippen LogP) is 2.69. The summed E-state index contributed by atoms with van der Waals surface area (Å²) in [5, 5.41) is 7.74. The van der Waals surface area contributed by atoms with Crippen molar-refractivity contribution >= 4 is 34.8 Å². The lowest BCUT2D eigenvalue weighted by Gasteiger charge is -2.22. The molecule has 3 N–H and O–H groups in total. The first-order chi connectivity index (χ1) is 14.6. The summed E-state index contributed by atoms with van der Waals surface area (Å²) in [4.78, 5) is 49.8. The van der Waals surface area contributed by atoms with Gasteiger partial charge in [0.1, 0.15) is 6.04 Å². The van der Waals surface area contributed by atoms with Crippen molar-refractivity contribution in [3.05, 3.63) is 46.8 Å². The lowest BCUT2D eigenvalue weighted by atomic mass is 10.0. The molecule has 2 rings (SSSR count). The Morgan fingerprint density at radius 1 is 0.935 bits per heavy atom. The summed E-state index contributed by atoms with van der Waals surface area (Å²) in [6, 6.07) is 10.2. The highest BCUT2D eigenvalue weighted by Crippen LogP contribution is 2.28. The fourth-order valence-corrected chi connectivity index (χ4v) is 3.88. The lowest BCUT2D eigenvalue weighted by molar-refractivity contribution is -0.131. The second-order valence-electron chi connectivity index (χ2n) is 7.84. The van der Waals surface area contributed by atoms with E-state index in [0.717, 1.165) is 16.0 Å². The number of aryl methyl sites for hydroxylation is 1. The number of ketones is 1. The summed E-state index contributed by atoms with van der Waals surface area (Å²) < 4.78 is 0. The van der Waals surface area contributed by atoms with Crippen molar-refractivity contribution in [2.45, 2.75) is 46.7 Å². The highest BCUT2D eigenvalue weighted by molar-refractivity contribution is 7.17. The van der Waals surface area contributed by atoms with E-state index in [4.69, 9.17) is 0 Å². The zero-order valence-corrected chi connectivity index (χ0v) is 19.3. The van der Waals surface area contributed by atoms with Crippen LogP contribution in [-0.2, 0) is 14.4 Å². The van der Waals surface area contributed by atoms with Crippen LogP contribution in [0.3, 0.4) is 0 Å². The van der Waals surface area contributed by atoms with Crippen molar-refractivity contribution in [2.24, 2.45) is 5.92 Å². The zero-order valence-electron chi connectivity index (χ0n) is 18.4. The van der Waals surface area contributed by atoms with Gasteiger partial charge in [0.15, 0.2) is 5.78 Å². The Hall–Kier alpha value is -3.00. The van der Waals surface area contributed by atoms with Gasteiger partial charge < -0.3 is 16.0 Å². The van der Waals surface area contributed by atoms with Gasteiger partial charge in [-0.25, -0.2) is 0 Å².